The van der Waals surface area contributed by atoms with Crippen LogP contribution in [0.15, 0.2) is 54.6 Å². The van der Waals surface area contributed by atoms with Gasteiger partial charge in [-0.15, -0.1) is 0 Å². The van der Waals surface area contributed by atoms with E-state index >= 15 is 0 Å². The van der Waals surface area contributed by atoms with Gasteiger partial charge in [0.1, 0.15) is 11.4 Å². The van der Waals surface area contributed by atoms with E-state index in [2.05, 4.69) is 15.5 Å². The predicted molar refractivity (Wildman–Crippen MR) is 93.2 cm³/mol. The molecule has 1 heterocycles. The van der Waals surface area contributed by atoms with Crippen LogP contribution in [0.1, 0.15) is 16.1 Å². The Kier molecular flexibility index (Phi) is 4.82. The number of carbonyl (C=O) groups excluding carboxylic acids is 1. The van der Waals surface area contributed by atoms with Crippen molar-refractivity contribution in [3.8, 4) is 17.0 Å². The molecule has 3 rings (SSSR count). The minimum atomic E-state index is -0.211. The third-order valence-corrected chi connectivity index (χ3v) is 3.83. The third kappa shape index (κ3) is 3.75. The highest BCUT2D eigenvalue weighted by Crippen LogP contribution is 2.21. The molecule has 0 atom stereocenters. The number of hydrogen-bond donors (Lipinski definition) is 2. The number of hydrogen-bond acceptors (Lipinski definition) is 3. The lowest BCUT2D eigenvalue weighted by Crippen LogP contribution is -2.23. The van der Waals surface area contributed by atoms with Gasteiger partial charge in [0.05, 0.1) is 12.8 Å². The van der Waals surface area contributed by atoms with E-state index in [0.29, 0.717) is 23.0 Å². The van der Waals surface area contributed by atoms with Crippen molar-refractivity contribution >= 4 is 17.5 Å². The first kappa shape index (κ1) is 16.1. The number of carbonyl (C=O) groups is 1. The van der Waals surface area contributed by atoms with Gasteiger partial charge in [-0.1, -0.05) is 23.7 Å². The highest BCUT2D eigenvalue weighted by atomic mass is 35.5. The summed E-state index contributed by atoms with van der Waals surface area (Å²) in [5.41, 5.74) is 3.00. The molecule has 0 aliphatic carbocycles. The highest BCUT2D eigenvalue weighted by Gasteiger charge is 2.11. The molecule has 0 saturated carbocycles. The molecule has 1 amide bonds. The van der Waals surface area contributed by atoms with Crippen molar-refractivity contribution in [3.63, 3.8) is 0 Å². The van der Waals surface area contributed by atoms with Crippen LogP contribution >= 0.6 is 11.6 Å². The predicted octanol–water partition coefficient (Wildman–Crippen LogP) is 3.67. The summed E-state index contributed by atoms with van der Waals surface area (Å²) in [6, 6.07) is 16.5. The number of H-pyrrole nitrogens is 1. The minimum absolute atomic E-state index is 0.211. The smallest absolute Gasteiger partial charge is 0.269 e. The van der Waals surface area contributed by atoms with Crippen molar-refractivity contribution < 1.29 is 9.53 Å². The highest BCUT2D eigenvalue weighted by molar-refractivity contribution is 6.30. The number of ether oxygens (including phenoxy) is 1. The first-order valence-corrected chi connectivity index (χ1v) is 7.76. The van der Waals surface area contributed by atoms with Gasteiger partial charge < -0.3 is 10.1 Å². The zero-order valence-corrected chi connectivity index (χ0v) is 13.8. The summed E-state index contributed by atoms with van der Waals surface area (Å²) in [6.07, 6.45) is 0. The largest absolute Gasteiger partial charge is 0.497 e. The third-order valence-electron chi connectivity index (χ3n) is 3.57. The number of aromatic amines is 1. The molecule has 0 aliphatic rings. The Bertz CT molecular complexity index is 826. The fraction of sp³-hybridized carbons (Fsp3) is 0.111. The van der Waals surface area contributed by atoms with Crippen molar-refractivity contribution in [1.82, 2.24) is 15.5 Å². The molecule has 122 valence electrons. The lowest BCUT2D eigenvalue weighted by atomic mass is 10.1. The van der Waals surface area contributed by atoms with Gasteiger partial charge in [0, 0.05) is 17.1 Å². The van der Waals surface area contributed by atoms with Crippen molar-refractivity contribution in [3.05, 3.63) is 70.9 Å². The number of aromatic nitrogens is 2. The summed E-state index contributed by atoms with van der Waals surface area (Å²) in [4.78, 5) is 12.2. The molecular weight excluding hydrogens is 326 g/mol. The number of benzene rings is 2. The molecule has 1 aromatic heterocycles. The molecule has 0 spiro atoms. The minimum Gasteiger partial charge on any atom is -0.497 e. The molecular formula is C18H16ClN3O2. The zero-order valence-electron chi connectivity index (χ0n) is 13.0. The van der Waals surface area contributed by atoms with E-state index in [1.54, 1.807) is 25.3 Å². The Labute approximate surface area is 144 Å². The molecule has 0 bridgehead atoms. The van der Waals surface area contributed by atoms with Gasteiger partial charge >= 0.3 is 0 Å². The van der Waals surface area contributed by atoms with Crippen LogP contribution in [-0.2, 0) is 6.54 Å². The molecule has 5 nitrogen and oxygen atoms in total. The van der Waals surface area contributed by atoms with Gasteiger partial charge in [0.25, 0.3) is 5.91 Å². The second-order valence-corrected chi connectivity index (χ2v) is 5.64. The SMILES string of the molecule is COc1ccc(-c2cc(C(=O)NCc3ccc(Cl)cc3)[nH]n2)cc1. The van der Waals surface area contributed by atoms with Crippen molar-refractivity contribution in [2.24, 2.45) is 0 Å². The lowest BCUT2D eigenvalue weighted by molar-refractivity contribution is 0.0946. The van der Waals surface area contributed by atoms with Gasteiger partial charge in [-0.25, -0.2) is 0 Å². The number of methoxy groups -OCH3 is 1. The number of amides is 1. The Hall–Kier alpha value is -2.79. The number of halogens is 1. The maximum Gasteiger partial charge on any atom is 0.269 e. The normalized spacial score (nSPS) is 10.4. The van der Waals surface area contributed by atoms with E-state index in [4.69, 9.17) is 16.3 Å². The van der Waals surface area contributed by atoms with E-state index in [1.807, 2.05) is 36.4 Å². The fourth-order valence-electron chi connectivity index (χ4n) is 2.23. The van der Waals surface area contributed by atoms with Gasteiger partial charge in [-0.3, -0.25) is 9.89 Å². The Morgan fingerprint density at radius 1 is 1.17 bits per heavy atom. The van der Waals surface area contributed by atoms with Crippen LogP contribution in [0.2, 0.25) is 5.02 Å². The maximum absolute atomic E-state index is 12.2. The Balaban J connectivity index is 1.65. The van der Waals surface area contributed by atoms with Crippen molar-refractivity contribution in [1.29, 1.82) is 0 Å². The zero-order chi connectivity index (χ0) is 16.9. The average Bonchev–Trinajstić information content (AvgIpc) is 3.11. The summed E-state index contributed by atoms with van der Waals surface area (Å²) in [5, 5.41) is 10.5. The molecule has 24 heavy (non-hydrogen) atoms. The van der Waals surface area contributed by atoms with Gasteiger partial charge in [-0.05, 0) is 48.0 Å². The van der Waals surface area contributed by atoms with Crippen LogP contribution in [0.3, 0.4) is 0 Å². The molecule has 2 N–H and O–H groups in total. The van der Waals surface area contributed by atoms with Crippen LogP contribution < -0.4 is 10.1 Å². The monoisotopic (exact) mass is 341 g/mol. The quantitative estimate of drug-likeness (QED) is 0.744. The van der Waals surface area contributed by atoms with E-state index in [1.165, 1.54) is 0 Å². The second-order valence-electron chi connectivity index (χ2n) is 5.20. The first-order valence-electron chi connectivity index (χ1n) is 7.38. The molecule has 0 unspecified atom stereocenters. The summed E-state index contributed by atoms with van der Waals surface area (Å²) in [5.74, 6) is 0.562. The molecule has 2 aromatic carbocycles. The second kappa shape index (κ2) is 7.19. The van der Waals surface area contributed by atoms with Crippen molar-refractivity contribution in [2.75, 3.05) is 7.11 Å². The van der Waals surface area contributed by atoms with Crippen LogP contribution in [0.25, 0.3) is 11.3 Å². The topological polar surface area (TPSA) is 67.0 Å². The summed E-state index contributed by atoms with van der Waals surface area (Å²) in [7, 11) is 1.62. The van der Waals surface area contributed by atoms with Crippen LogP contribution in [0.5, 0.6) is 5.75 Å². The number of nitrogens with zero attached hydrogens (tertiary/aromatic N) is 1. The molecule has 6 heteroatoms. The summed E-state index contributed by atoms with van der Waals surface area (Å²) in [6.45, 7) is 0.424. The van der Waals surface area contributed by atoms with E-state index in [-0.39, 0.29) is 5.91 Å². The van der Waals surface area contributed by atoms with Gasteiger partial charge in [0.15, 0.2) is 0 Å². The summed E-state index contributed by atoms with van der Waals surface area (Å²) < 4.78 is 5.13. The lowest BCUT2D eigenvalue weighted by Gasteiger charge is -2.03. The molecule has 3 aromatic rings. The van der Waals surface area contributed by atoms with Gasteiger partial charge in [-0.2, -0.15) is 5.10 Å². The van der Waals surface area contributed by atoms with E-state index in [9.17, 15) is 4.79 Å². The number of nitrogens with one attached hydrogen (secondary N) is 2. The fourth-order valence-corrected chi connectivity index (χ4v) is 2.35. The van der Waals surface area contributed by atoms with Crippen LogP contribution in [0, 0.1) is 0 Å². The number of rotatable bonds is 5. The molecule has 0 aliphatic heterocycles. The first-order chi connectivity index (χ1) is 11.7. The Morgan fingerprint density at radius 2 is 1.88 bits per heavy atom. The van der Waals surface area contributed by atoms with E-state index in [0.717, 1.165) is 16.9 Å². The molecule has 0 saturated heterocycles. The van der Waals surface area contributed by atoms with Crippen LogP contribution in [0.4, 0.5) is 0 Å². The van der Waals surface area contributed by atoms with Crippen molar-refractivity contribution in [2.45, 2.75) is 6.54 Å². The molecule has 0 radical (unpaired) electrons. The molecule has 0 fully saturated rings. The van der Waals surface area contributed by atoms with Gasteiger partial charge in [0.2, 0.25) is 0 Å². The van der Waals surface area contributed by atoms with E-state index < -0.39 is 0 Å². The Morgan fingerprint density at radius 3 is 2.54 bits per heavy atom. The standard InChI is InChI=1S/C18H16ClN3O2/c1-24-15-8-4-13(5-9-15)16-10-17(22-21-16)18(23)20-11-12-2-6-14(19)7-3-12/h2-10H,11H2,1H3,(H,20,23)(H,21,22). The maximum atomic E-state index is 12.2. The average molecular weight is 342 g/mol. The summed E-state index contributed by atoms with van der Waals surface area (Å²) >= 11 is 5.84. The van der Waals surface area contributed by atoms with Crippen LogP contribution in [-0.4, -0.2) is 23.2 Å².